The monoisotopic (exact) mass is 534 g/mol. The first-order valence-corrected chi connectivity index (χ1v) is 14.1. The highest BCUT2D eigenvalue weighted by Crippen LogP contribution is 2.43. The van der Waals surface area contributed by atoms with Crippen LogP contribution in [0.5, 0.6) is 0 Å². The molecule has 0 fully saturated rings. The van der Waals surface area contributed by atoms with E-state index in [-0.39, 0.29) is 18.1 Å². The second-order valence-corrected chi connectivity index (χ2v) is 11.3. The minimum absolute atomic E-state index is 0.0494. The minimum Gasteiger partial charge on any atom is -0.355 e. The van der Waals surface area contributed by atoms with E-state index in [1.807, 2.05) is 60.7 Å². The molecular weight excluding hydrogens is 508 g/mol. The molecule has 0 radical (unpaired) electrons. The lowest BCUT2D eigenvalue weighted by Crippen LogP contribution is -2.43. The zero-order chi connectivity index (χ0) is 26.0. The predicted molar refractivity (Wildman–Crippen MR) is 147 cm³/mol. The number of fused-ring (bicyclic) bond motifs is 1. The van der Waals surface area contributed by atoms with Crippen molar-refractivity contribution in [2.45, 2.75) is 31.6 Å². The summed E-state index contributed by atoms with van der Waals surface area (Å²) in [6.45, 7) is 2.78. The predicted octanol–water partition coefficient (Wildman–Crippen LogP) is 6.01. The molecule has 1 aliphatic rings. The van der Waals surface area contributed by atoms with Crippen molar-refractivity contribution < 1.29 is 13.2 Å². The number of halogens is 1. The topological polar surface area (TPSA) is 84.3 Å². The number of carbonyl (C=O) groups is 1. The number of unbranched alkanes of at least 4 members (excludes halogenated alkanes) is 1. The summed E-state index contributed by atoms with van der Waals surface area (Å²) in [7, 11) is -4.16. The lowest BCUT2D eigenvalue weighted by atomic mass is 10.1. The molecule has 1 aliphatic heterocycles. The standard InChI is InChI=1S/C28H27ClN4O3S/c1-2-3-18-30-28-31-27-24(33(28)23-12-8-5-9-13-23)25(34)26(21-14-16-22(29)17-15-21)37(35,36)32(27)19-20-10-6-4-7-11-20/h4-17,26H,2-3,18-19H2,1H3,(H,30,31). The Bertz CT molecular complexity index is 1500. The van der Waals surface area contributed by atoms with Gasteiger partial charge in [-0.2, -0.15) is 4.98 Å². The number of benzene rings is 3. The molecular formula is C28H27ClN4O3S. The lowest BCUT2D eigenvalue weighted by Gasteiger charge is -2.32. The SMILES string of the molecule is CCCCNc1nc2c(n1-c1ccccc1)C(=O)C(c1ccc(Cl)cc1)S(=O)(=O)N2Cc1ccccc1. The molecule has 3 aromatic carbocycles. The van der Waals surface area contributed by atoms with Gasteiger partial charge >= 0.3 is 0 Å². The van der Waals surface area contributed by atoms with Crippen molar-refractivity contribution in [3.05, 3.63) is 107 Å². The lowest BCUT2D eigenvalue weighted by molar-refractivity contribution is 0.0978. The van der Waals surface area contributed by atoms with Crippen molar-refractivity contribution >= 4 is 39.2 Å². The van der Waals surface area contributed by atoms with Crippen LogP contribution in [0.3, 0.4) is 0 Å². The summed E-state index contributed by atoms with van der Waals surface area (Å²) in [5.74, 6) is 0.0338. The highest BCUT2D eigenvalue weighted by molar-refractivity contribution is 7.93. The van der Waals surface area contributed by atoms with E-state index in [1.54, 1.807) is 28.8 Å². The number of Topliss-reactive ketones (excluding diaryl/α,β-unsaturated/α-hetero) is 1. The van der Waals surface area contributed by atoms with Crippen molar-refractivity contribution in [3.8, 4) is 5.69 Å². The largest absolute Gasteiger partial charge is 0.355 e. The zero-order valence-corrected chi connectivity index (χ0v) is 21.9. The summed E-state index contributed by atoms with van der Waals surface area (Å²) in [5, 5.41) is 2.36. The van der Waals surface area contributed by atoms with Crippen LogP contribution in [0.15, 0.2) is 84.9 Å². The van der Waals surface area contributed by atoms with Gasteiger partial charge in [-0.05, 0) is 41.8 Å². The number of hydrogen-bond acceptors (Lipinski definition) is 5. The van der Waals surface area contributed by atoms with Crippen LogP contribution in [0.4, 0.5) is 11.8 Å². The van der Waals surface area contributed by atoms with E-state index in [0.717, 1.165) is 24.1 Å². The summed E-state index contributed by atoms with van der Waals surface area (Å²) in [6.07, 6.45) is 1.88. The Morgan fingerprint density at radius 3 is 2.24 bits per heavy atom. The number of ketones is 1. The van der Waals surface area contributed by atoms with E-state index in [4.69, 9.17) is 16.6 Å². The maximum atomic E-state index is 14.1. The third-order valence-electron chi connectivity index (χ3n) is 6.34. The molecule has 7 nitrogen and oxygen atoms in total. The molecule has 190 valence electrons. The number of hydrogen-bond donors (Lipinski definition) is 1. The molecule has 1 atom stereocenters. The normalized spacial score (nSPS) is 16.4. The Morgan fingerprint density at radius 1 is 0.946 bits per heavy atom. The van der Waals surface area contributed by atoms with Gasteiger partial charge in [0.25, 0.3) is 10.0 Å². The molecule has 1 unspecified atom stereocenters. The van der Waals surface area contributed by atoms with E-state index >= 15 is 0 Å². The van der Waals surface area contributed by atoms with E-state index < -0.39 is 21.1 Å². The van der Waals surface area contributed by atoms with Crippen LogP contribution in [-0.2, 0) is 16.6 Å². The van der Waals surface area contributed by atoms with Crippen molar-refractivity contribution in [1.29, 1.82) is 0 Å². The summed E-state index contributed by atoms with van der Waals surface area (Å²) in [6, 6.07) is 25.1. The number of nitrogens with one attached hydrogen (secondary N) is 1. The molecule has 4 aromatic rings. The molecule has 0 aliphatic carbocycles. The van der Waals surface area contributed by atoms with Crippen molar-refractivity contribution in [2.24, 2.45) is 0 Å². The van der Waals surface area contributed by atoms with Gasteiger partial charge in [-0.3, -0.25) is 9.36 Å². The highest BCUT2D eigenvalue weighted by Gasteiger charge is 2.49. The van der Waals surface area contributed by atoms with Crippen LogP contribution in [0.25, 0.3) is 5.69 Å². The van der Waals surface area contributed by atoms with Crippen LogP contribution >= 0.6 is 11.6 Å². The number of aromatic nitrogens is 2. The molecule has 37 heavy (non-hydrogen) atoms. The first kappa shape index (κ1) is 25.0. The van der Waals surface area contributed by atoms with Crippen LogP contribution in [0.2, 0.25) is 5.02 Å². The quantitative estimate of drug-likeness (QED) is 0.280. The smallest absolute Gasteiger partial charge is 0.251 e. The molecule has 2 heterocycles. The highest BCUT2D eigenvalue weighted by atomic mass is 35.5. The number of nitrogens with zero attached hydrogens (tertiary/aromatic N) is 3. The maximum absolute atomic E-state index is 14.1. The first-order valence-electron chi connectivity index (χ1n) is 12.2. The minimum atomic E-state index is -4.16. The second kappa shape index (κ2) is 10.4. The van der Waals surface area contributed by atoms with Crippen LogP contribution < -0.4 is 9.62 Å². The number of anilines is 2. The van der Waals surface area contributed by atoms with Crippen LogP contribution in [0.1, 0.15) is 46.6 Å². The Kier molecular flexibility index (Phi) is 7.04. The summed E-state index contributed by atoms with van der Waals surface area (Å²) >= 11 is 6.08. The number of para-hydroxylation sites is 1. The fourth-order valence-corrected chi connectivity index (χ4v) is 6.47. The van der Waals surface area contributed by atoms with Gasteiger partial charge in [-0.1, -0.05) is 85.6 Å². The number of imidazole rings is 1. The Labute approximate surface area is 221 Å². The molecule has 0 saturated carbocycles. The number of carbonyl (C=O) groups excluding carboxylic acids is 1. The molecule has 0 spiro atoms. The molecule has 1 aromatic heterocycles. The molecule has 5 rings (SSSR count). The number of rotatable bonds is 8. The Hall–Kier alpha value is -3.62. The molecule has 0 bridgehead atoms. The van der Waals surface area contributed by atoms with Crippen LogP contribution in [0, 0.1) is 0 Å². The average Bonchev–Trinajstić information content (AvgIpc) is 3.28. The fourth-order valence-electron chi connectivity index (χ4n) is 4.51. The van der Waals surface area contributed by atoms with Gasteiger partial charge in [0.1, 0.15) is 5.69 Å². The molecule has 0 amide bonds. The maximum Gasteiger partial charge on any atom is 0.251 e. The Morgan fingerprint density at radius 2 is 1.59 bits per heavy atom. The van der Waals surface area contributed by atoms with Crippen LogP contribution in [-0.4, -0.2) is 30.3 Å². The zero-order valence-electron chi connectivity index (χ0n) is 20.3. The summed E-state index contributed by atoms with van der Waals surface area (Å²) in [5.41, 5.74) is 2.10. The van der Waals surface area contributed by atoms with Gasteiger partial charge in [0.2, 0.25) is 11.7 Å². The first-order chi connectivity index (χ1) is 17.9. The summed E-state index contributed by atoms with van der Waals surface area (Å²) in [4.78, 5) is 18.8. The number of sulfonamides is 1. The van der Waals surface area contributed by atoms with E-state index in [2.05, 4.69) is 12.2 Å². The third-order valence-corrected chi connectivity index (χ3v) is 8.59. The van der Waals surface area contributed by atoms with E-state index in [0.29, 0.717) is 23.1 Å². The van der Waals surface area contributed by atoms with Crippen molar-refractivity contribution in [1.82, 2.24) is 9.55 Å². The van der Waals surface area contributed by atoms with Gasteiger partial charge in [0.15, 0.2) is 11.1 Å². The van der Waals surface area contributed by atoms with Gasteiger partial charge in [0.05, 0.1) is 6.54 Å². The average molecular weight is 535 g/mol. The van der Waals surface area contributed by atoms with Gasteiger partial charge < -0.3 is 5.32 Å². The fraction of sp³-hybridized carbons (Fsp3) is 0.214. The van der Waals surface area contributed by atoms with Crippen molar-refractivity contribution in [3.63, 3.8) is 0 Å². The summed E-state index contributed by atoms with van der Waals surface area (Å²) < 4.78 is 31.2. The molecule has 1 N–H and O–H groups in total. The van der Waals surface area contributed by atoms with E-state index in [9.17, 15) is 13.2 Å². The Balaban J connectivity index is 1.75. The molecule has 9 heteroatoms. The molecule has 0 saturated heterocycles. The van der Waals surface area contributed by atoms with E-state index in [1.165, 1.54) is 4.31 Å². The third kappa shape index (κ3) is 4.74. The van der Waals surface area contributed by atoms with Crippen molar-refractivity contribution in [2.75, 3.05) is 16.2 Å². The van der Waals surface area contributed by atoms with Gasteiger partial charge in [-0.15, -0.1) is 0 Å². The van der Waals surface area contributed by atoms with Gasteiger partial charge in [0, 0.05) is 17.3 Å². The van der Waals surface area contributed by atoms with Gasteiger partial charge in [-0.25, -0.2) is 12.7 Å². The second-order valence-electron chi connectivity index (χ2n) is 8.89.